The summed E-state index contributed by atoms with van der Waals surface area (Å²) >= 11 is 0. The summed E-state index contributed by atoms with van der Waals surface area (Å²) in [6.07, 6.45) is 48.8. The van der Waals surface area contributed by atoms with Gasteiger partial charge in [-0.25, -0.2) is 4.57 Å². The number of allylic oxidation sites excluding steroid dienone is 18. The predicted octanol–water partition coefficient (Wildman–Crippen LogP) is 10.3. The molecule has 0 rings (SSSR count). The highest BCUT2D eigenvalue weighted by molar-refractivity contribution is 7.47. The van der Waals surface area contributed by atoms with Gasteiger partial charge in [-0.2, -0.15) is 0 Å². The Bertz CT molecular complexity index is 1360. The van der Waals surface area contributed by atoms with Crippen LogP contribution in [0.25, 0.3) is 0 Å². The van der Waals surface area contributed by atoms with Crippen LogP contribution >= 0.6 is 7.82 Å². The van der Waals surface area contributed by atoms with Gasteiger partial charge >= 0.3 is 25.7 Å². The molecular weight excluding hydrogens is 733 g/mol. The van der Waals surface area contributed by atoms with E-state index in [1.807, 2.05) is 48.6 Å². The number of carboxylic acid groups (broad SMARTS) is 1. The Balaban J connectivity index is 4.59. The van der Waals surface area contributed by atoms with Crippen molar-refractivity contribution < 1.29 is 47.5 Å². The minimum atomic E-state index is -4.74. The second-order valence-corrected chi connectivity index (χ2v) is 14.2. The summed E-state index contributed by atoms with van der Waals surface area (Å²) in [5.74, 6) is -2.51. The van der Waals surface area contributed by atoms with Crippen molar-refractivity contribution in [3.05, 3.63) is 109 Å². The molecule has 11 nitrogen and oxygen atoms in total. The smallest absolute Gasteiger partial charge is 0.472 e. The van der Waals surface area contributed by atoms with Crippen molar-refractivity contribution in [2.45, 2.75) is 129 Å². The van der Waals surface area contributed by atoms with Crippen LogP contribution in [0.3, 0.4) is 0 Å². The highest BCUT2D eigenvalue weighted by Crippen LogP contribution is 2.43. The number of hydrogen-bond acceptors (Lipinski definition) is 9. The average molecular weight is 802 g/mol. The molecule has 0 aliphatic carbocycles. The molecule has 0 fully saturated rings. The van der Waals surface area contributed by atoms with Gasteiger partial charge in [0, 0.05) is 12.8 Å². The molecule has 0 saturated heterocycles. The lowest BCUT2D eigenvalue weighted by Gasteiger charge is -2.20. The molecule has 0 aliphatic heterocycles. The van der Waals surface area contributed by atoms with Crippen LogP contribution in [0.4, 0.5) is 0 Å². The molecule has 0 aromatic rings. The van der Waals surface area contributed by atoms with Crippen molar-refractivity contribution in [2.75, 3.05) is 19.8 Å². The molecular formula is C44H68NO10P. The van der Waals surface area contributed by atoms with Crippen LogP contribution in [0.15, 0.2) is 109 Å². The number of carbonyl (C=O) groups excluding carboxylic acids is 2. The SMILES string of the molecule is CC/C=C/C=C/C=C/C=C/CCCCCCCC(=O)OC[C@H](COP(=O)(O)OC[C@H](N)C(=O)O)OC(=O)CCC/C=C/C/C=C/C/C=C/C/C=C/C/C=C/CC. The van der Waals surface area contributed by atoms with Gasteiger partial charge in [-0.15, -0.1) is 0 Å². The van der Waals surface area contributed by atoms with Gasteiger partial charge in [-0.3, -0.25) is 23.4 Å². The molecule has 56 heavy (non-hydrogen) atoms. The van der Waals surface area contributed by atoms with E-state index in [9.17, 15) is 23.8 Å². The Morgan fingerprint density at radius 1 is 0.571 bits per heavy atom. The third-order valence-corrected chi connectivity index (χ3v) is 8.56. The van der Waals surface area contributed by atoms with Crippen LogP contribution in [0.1, 0.15) is 117 Å². The number of unbranched alkanes of at least 4 members (excludes halogenated alkanes) is 6. The van der Waals surface area contributed by atoms with E-state index in [1.54, 1.807) is 0 Å². The van der Waals surface area contributed by atoms with E-state index < -0.39 is 51.1 Å². The maximum Gasteiger partial charge on any atom is 0.472 e. The summed E-state index contributed by atoms with van der Waals surface area (Å²) < 4.78 is 32.5. The van der Waals surface area contributed by atoms with Crippen LogP contribution in [0.2, 0.25) is 0 Å². The van der Waals surface area contributed by atoms with Gasteiger partial charge in [-0.05, 0) is 70.6 Å². The Labute approximate surface area is 336 Å². The summed E-state index contributed by atoms with van der Waals surface area (Å²) in [4.78, 5) is 45.8. The predicted molar refractivity (Wildman–Crippen MR) is 226 cm³/mol. The van der Waals surface area contributed by atoms with Crippen molar-refractivity contribution in [1.82, 2.24) is 0 Å². The highest BCUT2D eigenvalue weighted by Gasteiger charge is 2.28. The fraction of sp³-hybridized carbons (Fsp3) is 0.523. The molecule has 0 spiro atoms. The number of carboxylic acids is 1. The number of ether oxygens (including phenoxy) is 2. The zero-order valence-electron chi connectivity index (χ0n) is 33.7. The molecule has 0 saturated carbocycles. The van der Waals surface area contributed by atoms with Gasteiger partial charge in [0.1, 0.15) is 12.6 Å². The molecule has 4 N–H and O–H groups in total. The van der Waals surface area contributed by atoms with Gasteiger partial charge in [0.05, 0.1) is 13.2 Å². The summed E-state index contributed by atoms with van der Waals surface area (Å²) in [5, 5.41) is 8.87. The molecule has 0 aliphatic rings. The lowest BCUT2D eigenvalue weighted by atomic mass is 10.1. The Morgan fingerprint density at radius 3 is 1.66 bits per heavy atom. The lowest BCUT2D eigenvalue weighted by molar-refractivity contribution is -0.161. The molecule has 0 amide bonds. The van der Waals surface area contributed by atoms with Gasteiger partial charge in [-0.1, -0.05) is 142 Å². The van der Waals surface area contributed by atoms with Crippen LogP contribution in [-0.2, 0) is 37.5 Å². The minimum absolute atomic E-state index is 0.0697. The first-order valence-electron chi connectivity index (χ1n) is 20.0. The zero-order valence-corrected chi connectivity index (χ0v) is 34.6. The molecule has 0 aromatic carbocycles. The van der Waals surface area contributed by atoms with Crippen molar-refractivity contribution in [1.29, 1.82) is 0 Å². The normalized spacial score (nSPS) is 14.9. The molecule has 12 heteroatoms. The number of phosphoric acid groups is 1. The monoisotopic (exact) mass is 801 g/mol. The standard InChI is InChI=1S/C44H68NO10P/c1-3-5-7-9-11-13-15-17-19-20-22-24-26-28-30-32-34-36-43(47)55-40(38-53-56(50,51)54-39-41(45)44(48)49)37-52-42(46)35-33-31-29-27-25-23-21-18-16-14-12-10-8-6-4-2/h5-8,10-14,16-19,21-22,24,28,30,40-41H,3-4,9,15,20,23,25-27,29,31-39,45H2,1-2H3,(H,48,49)(H,50,51)/b7-5+,8-6+,12-10+,13-11+,16-14+,19-17+,21-18+,24-22+,30-28+/t40-,41+/m1/s1. The molecule has 3 atom stereocenters. The van der Waals surface area contributed by atoms with Crippen LogP contribution in [0, 0.1) is 0 Å². The van der Waals surface area contributed by atoms with Gasteiger partial charge in [0.2, 0.25) is 0 Å². The maximum absolute atomic E-state index is 12.6. The van der Waals surface area contributed by atoms with Gasteiger partial charge < -0.3 is 25.2 Å². The Kier molecular flexibility index (Phi) is 35.4. The molecule has 0 radical (unpaired) electrons. The van der Waals surface area contributed by atoms with Gasteiger partial charge in [0.15, 0.2) is 6.10 Å². The number of phosphoric ester groups is 1. The quantitative estimate of drug-likeness (QED) is 0.0183. The highest BCUT2D eigenvalue weighted by atomic mass is 31.2. The third-order valence-electron chi connectivity index (χ3n) is 7.61. The summed E-state index contributed by atoms with van der Waals surface area (Å²) in [6.45, 7) is 2.43. The topological polar surface area (TPSA) is 172 Å². The first kappa shape index (κ1) is 52.1. The van der Waals surface area contributed by atoms with Crippen molar-refractivity contribution >= 4 is 25.7 Å². The zero-order chi connectivity index (χ0) is 41.4. The minimum Gasteiger partial charge on any atom is -0.480 e. The third kappa shape index (κ3) is 37.1. The van der Waals surface area contributed by atoms with Crippen LogP contribution < -0.4 is 5.73 Å². The number of nitrogens with two attached hydrogens (primary N) is 1. The van der Waals surface area contributed by atoms with Crippen LogP contribution in [0.5, 0.6) is 0 Å². The first-order chi connectivity index (χ1) is 27.1. The Morgan fingerprint density at radius 2 is 1.05 bits per heavy atom. The van der Waals surface area contributed by atoms with Gasteiger partial charge in [0.25, 0.3) is 0 Å². The molecule has 314 valence electrons. The maximum atomic E-state index is 12.6. The van der Waals surface area contributed by atoms with E-state index in [1.165, 1.54) is 0 Å². The van der Waals surface area contributed by atoms with E-state index in [-0.39, 0.29) is 19.4 Å². The summed E-state index contributed by atoms with van der Waals surface area (Å²) in [7, 11) is -4.74. The lowest BCUT2D eigenvalue weighted by Crippen LogP contribution is -2.34. The van der Waals surface area contributed by atoms with Crippen molar-refractivity contribution in [3.8, 4) is 0 Å². The molecule has 1 unspecified atom stereocenters. The van der Waals surface area contributed by atoms with E-state index in [0.717, 1.165) is 70.6 Å². The Hall–Kier alpha value is -3.86. The molecule has 0 bridgehead atoms. The van der Waals surface area contributed by atoms with Crippen LogP contribution in [-0.4, -0.2) is 59.9 Å². The second-order valence-electron chi connectivity index (χ2n) is 12.7. The van der Waals surface area contributed by atoms with E-state index in [0.29, 0.717) is 19.3 Å². The summed E-state index contributed by atoms with van der Waals surface area (Å²) in [6, 6.07) is -1.54. The van der Waals surface area contributed by atoms with Crippen molar-refractivity contribution in [3.63, 3.8) is 0 Å². The number of hydrogen-bond donors (Lipinski definition) is 3. The average Bonchev–Trinajstić information content (AvgIpc) is 3.17. The largest absolute Gasteiger partial charge is 0.480 e. The first-order valence-corrected chi connectivity index (χ1v) is 21.5. The number of aliphatic carboxylic acids is 1. The van der Waals surface area contributed by atoms with E-state index >= 15 is 0 Å². The number of esters is 2. The fourth-order valence-electron chi connectivity index (χ4n) is 4.52. The molecule has 0 heterocycles. The number of rotatable bonds is 35. The second kappa shape index (κ2) is 38.0. The van der Waals surface area contributed by atoms with E-state index in [2.05, 4.69) is 79.1 Å². The number of carbonyl (C=O) groups is 3. The summed E-state index contributed by atoms with van der Waals surface area (Å²) in [5.41, 5.74) is 5.32. The molecule has 0 aromatic heterocycles. The fourth-order valence-corrected chi connectivity index (χ4v) is 5.30. The van der Waals surface area contributed by atoms with E-state index in [4.69, 9.17) is 24.8 Å². The van der Waals surface area contributed by atoms with Crippen molar-refractivity contribution in [2.24, 2.45) is 5.73 Å².